The average molecular weight is 386 g/mol. The quantitative estimate of drug-likeness (QED) is 0.216. The number of hydrogen-bond donors (Lipinski definition) is 0. The van der Waals surface area contributed by atoms with Crippen molar-refractivity contribution in [3.63, 3.8) is 0 Å². The number of ether oxygens (including phenoxy) is 1. The van der Waals surface area contributed by atoms with Crippen LogP contribution in [-0.4, -0.2) is 11.6 Å². The third-order valence-corrected chi connectivity index (χ3v) is 3.51. The number of pyridine rings is 1. The van der Waals surface area contributed by atoms with Gasteiger partial charge in [-0.25, -0.2) is 26.9 Å². The van der Waals surface area contributed by atoms with Crippen molar-refractivity contribution in [2.45, 2.75) is 19.3 Å². The molecule has 1 aromatic heterocycles. The molecule has 0 aliphatic heterocycles. The van der Waals surface area contributed by atoms with Gasteiger partial charge < -0.3 is 4.74 Å². The number of unbranched alkanes of at least 4 members (excludes halogenated alkanes) is 1. The Labute approximate surface area is 144 Å². The molecule has 0 fully saturated rings. The predicted molar refractivity (Wildman–Crippen MR) is 78.9 cm³/mol. The van der Waals surface area contributed by atoms with Crippen LogP contribution >= 0.6 is 23.2 Å². The Kier molecular flexibility index (Phi) is 6.23. The Bertz CT molecular complexity index is 708. The van der Waals surface area contributed by atoms with E-state index in [2.05, 4.69) is 4.98 Å². The molecular weight excluding hydrogens is 376 g/mol. The Morgan fingerprint density at radius 3 is 1.83 bits per heavy atom. The summed E-state index contributed by atoms with van der Waals surface area (Å²) in [4.78, 5) is 3.73. The van der Waals surface area contributed by atoms with E-state index in [0.29, 0.717) is 12.2 Å². The van der Waals surface area contributed by atoms with Gasteiger partial charge in [-0.2, -0.15) is 0 Å². The molecule has 0 radical (unpaired) electrons. The highest BCUT2D eigenvalue weighted by Crippen LogP contribution is 2.25. The topological polar surface area (TPSA) is 22.1 Å². The second-order valence-corrected chi connectivity index (χ2v) is 5.58. The molecule has 2 nitrogen and oxygen atoms in total. The minimum absolute atomic E-state index is 0.138. The van der Waals surface area contributed by atoms with Crippen molar-refractivity contribution in [2.24, 2.45) is 0 Å². The maximum absolute atomic E-state index is 13.5. The zero-order valence-corrected chi connectivity index (χ0v) is 13.5. The largest absolute Gasteiger partial charge is 0.493 e. The molecule has 2 rings (SSSR count). The molecule has 1 heterocycles. The van der Waals surface area contributed by atoms with Gasteiger partial charge >= 0.3 is 0 Å². The average Bonchev–Trinajstić information content (AvgIpc) is 2.53. The maximum atomic E-state index is 13.5. The molecule has 0 unspecified atom stereocenters. The van der Waals surface area contributed by atoms with Gasteiger partial charge in [-0.15, -0.1) is 0 Å². The van der Waals surface area contributed by atoms with Crippen LogP contribution in [0.3, 0.4) is 0 Å². The molecule has 0 atom stereocenters. The molecule has 1 aromatic carbocycles. The van der Waals surface area contributed by atoms with Crippen molar-refractivity contribution >= 4 is 23.2 Å². The van der Waals surface area contributed by atoms with Crippen LogP contribution in [0.1, 0.15) is 18.4 Å². The van der Waals surface area contributed by atoms with E-state index in [-0.39, 0.29) is 29.8 Å². The summed E-state index contributed by atoms with van der Waals surface area (Å²) in [7, 11) is 0. The second-order valence-electron chi connectivity index (χ2n) is 4.80. The molecule has 0 amide bonds. The molecule has 0 aliphatic rings. The minimum atomic E-state index is -2.16. The first-order valence-electron chi connectivity index (χ1n) is 6.77. The summed E-state index contributed by atoms with van der Waals surface area (Å²) in [6.45, 7) is 0.145. The highest BCUT2D eigenvalue weighted by molar-refractivity contribution is 6.32. The van der Waals surface area contributed by atoms with Gasteiger partial charge in [0, 0.05) is 17.7 Å². The van der Waals surface area contributed by atoms with Gasteiger partial charge in [-0.3, -0.25) is 0 Å². The van der Waals surface area contributed by atoms with E-state index >= 15 is 0 Å². The molecule has 130 valence electrons. The molecule has 0 bridgehead atoms. The van der Waals surface area contributed by atoms with Crippen LogP contribution in [0.4, 0.5) is 22.0 Å². The van der Waals surface area contributed by atoms with Gasteiger partial charge in [-0.05, 0) is 19.3 Å². The molecule has 0 N–H and O–H groups in total. The zero-order chi connectivity index (χ0) is 17.9. The lowest BCUT2D eigenvalue weighted by Gasteiger charge is -2.09. The van der Waals surface area contributed by atoms with Crippen molar-refractivity contribution in [3.05, 3.63) is 57.1 Å². The van der Waals surface area contributed by atoms with Crippen LogP contribution in [0.15, 0.2) is 12.1 Å². The molecule has 0 saturated carbocycles. The number of aromatic nitrogens is 1. The van der Waals surface area contributed by atoms with Crippen molar-refractivity contribution in [1.82, 2.24) is 4.98 Å². The van der Waals surface area contributed by atoms with Gasteiger partial charge in [-0.1, -0.05) is 23.2 Å². The normalized spacial score (nSPS) is 11.0. The molecule has 0 saturated heterocycles. The van der Waals surface area contributed by atoms with Crippen LogP contribution in [0.2, 0.25) is 10.3 Å². The first-order valence-corrected chi connectivity index (χ1v) is 7.53. The summed E-state index contributed by atoms with van der Waals surface area (Å²) < 4.78 is 71.3. The van der Waals surface area contributed by atoms with E-state index in [1.807, 2.05) is 0 Å². The first kappa shape index (κ1) is 18.7. The smallest absolute Gasteiger partial charge is 0.200 e. The van der Waals surface area contributed by atoms with Crippen molar-refractivity contribution in [1.29, 1.82) is 0 Å². The van der Waals surface area contributed by atoms with E-state index in [0.717, 1.165) is 0 Å². The summed E-state index contributed by atoms with van der Waals surface area (Å²) >= 11 is 11.4. The van der Waals surface area contributed by atoms with E-state index in [9.17, 15) is 22.0 Å². The van der Waals surface area contributed by atoms with Crippen LogP contribution in [0.25, 0.3) is 0 Å². The monoisotopic (exact) mass is 385 g/mol. The second kappa shape index (κ2) is 7.98. The molecule has 24 heavy (non-hydrogen) atoms. The van der Waals surface area contributed by atoms with Gasteiger partial charge in [0.05, 0.1) is 6.61 Å². The summed E-state index contributed by atoms with van der Waals surface area (Å²) in [5.41, 5.74) is -0.832. The zero-order valence-electron chi connectivity index (χ0n) is 12.0. The highest BCUT2D eigenvalue weighted by atomic mass is 35.5. The standard InChI is InChI=1S/C15H10Cl2F5NO/c16-9-5-7(6-10(17)23-9)24-4-2-1-3-8-11(18)13(20)15(22)14(21)12(8)19/h5-6H,1-4H2. The van der Waals surface area contributed by atoms with Gasteiger partial charge in [0.25, 0.3) is 0 Å². The fourth-order valence-electron chi connectivity index (χ4n) is 1.99. The van der Waals surface area contributed by atoms with E-state index in [1.54, 1.807) is 0 Å². The van der Waals surface area contributed by atoms with Gasteiger partial charge in [0.1, 0.15) is 16.1 Å². The highest BCUT2D eigenvalue weighted by Gasteiger charge is 2.25. The summed E-state index contributed by atoms with van der Waals surface area (Å²) in [6, 6.07) is 2.86. The van der Waals surface area contributed by atoms with Gasteiger partial charge in [0.2, 0.25) is 5.82 Å². The van der Waals surface area contributed by atoms with Gasteiger partial charge in [0.15, 0.2) is 23.3 Å². The van der Waals surface area contributed by atoms with E-state index in [1.165, 1.54) is 12.1 Å². The summed E-state index contributed by atoms with van der Waals surface area (Å²) in [6.07, 6.45) is 0.162. The van der Waals surface area contributed by atoms with Crippen molar-refractivity contribution in [3.8, 4) is 5.75 Å². The molecule has 9 heteroatoms. The Morgan fingerprint density at radius 1 is 0.792 bits per heavy atom. The van der Waals surface area contributed by atoms with E-state index < -0.39 is 34.6 Å². The number of hydrogen-bond acceptors (Lipinski definition) is 2. The molecule has 0 spiro atoms. The number of rotatable bonds is 6. The van der Waals surface area contributed by atoms with Crippen LogP contribution < -0.4 is 4.74 Å². The molecular formula is C15H10Cl2F5NO. The van der Waals surface area contributed by atoms with Crippen LogP contribution in [0, 0.1) is 29.1 Å². The SMILES string of the molecule is Fc1c(F)c(F)c(CCCCOc2cc(Cl)nc(Cl)c2)c(F)c1F. The predicted octanol–water partition coefficient (Wildman–Crippen LogP) is 5.49. The van der Waals surface area contributed by atoms with Crippen LogP contribution in [-0.2, 0) is 6.42 Å². The van der Waals surface area contributed by atoms with Crippen LogP contribution in [0.5, 0.6) is 5.75 Å². The third kappa shape index (κ3) is 4.27. The lowest BCUT2D eigenvalue weighted by Crippen LogP contribution is -2.08. The third-order valence-electron chi connectivity index (χ3n) is 3.13. The Balaban J connectivity index is 1.91. The summed E-state index contributed by atoms with van der Waals surface area (Å²) in [5, 5.41) is 0.276. The minimum Gasteiger partial charge on any atom is -0.493 e. The summed E-state index contributed by atoms with van der Waals surface area (Å²) in [5.74, 6) is -9.30. The lowest BCUT2D eigenvalue weighted by atomic mass is 10.1. The van der Waals surface area contributed by atoms with Crippen molar-refractivity contribution in [2.75, 3.05) is 6.61 Å². The Hall–Kier alpha value is -1.60. The van der Waals surface area contributed by atoms with E-state index in [4.69, 9.17) is 27.9 Å². The fourth-order valence-corrected chi connectivity index (χ4v) is 2.43. The van der Waals surface area contributed by atoms with Crippen molar-refractivity contribution < 1.29 is 26.7 Å². The number of halogens is 7. The number of benzene rings is 1. The Morgan fingerprint density at radius 2 is 1.29 bits per heavy atom. The number of nitrogens with zero attached hydrogens (tertiary/aromatic N) is 1. The molecule has 0 aliphatic carbocycles. The molecule has 2 aromatic rings. The maximum Gasteiger partial charge on any atom is 0.200 e. The lowest BCUT2D eigenvalue weighted by molar-refractivity contribution is 0.305. The fraction of sp³-hybridized carbons (Fsp3) is 0.267. The first-order chi connectivity index (χ1) is 11.3.